The van der Waals surface area contributed by atoms with Crippen LogP contribution in [0.2, 0.25) is 0 Å². The third-order valence-electron chi connectivity index (χ3n) is 2.78. The Bertz CT molecular complexity index is 210. The normalized spacial score (nSPS) is 32.0. The summed E-state index contributed by atoms with van der Waals surface area (Å²) in [4.78, 5) is 10.9. The number of thioether (sulfide) groups is 1. The van der Waals surface area contributed by atoms with E-state index >= 15 is 0 Å². The fourth-order valence-corrected chi connectivity index (χ4v) is 3.25. The van der Waals surface area contributed by atoms with Crippen LogP contribution in [0.25, 0.3) is 0 Å². The Labute approximate surface area is 89.4 Å². The molecule has 4 heteroatoms. The molecule has 1 aliphatic rings. The molecule has 0 aromatic heterocycles. The monoisotopic (exact) mass is 217 g/mol. The maximum atomic E-state index is 10.9. The summed E-state index contributed by atoms with van der Waals surface area (Å²) in [6.07, 6.45) is 4.64. The van der Waals surface area contributed by atoms with Crippen molar-refractivity contribution in [3.63, 3.8) is 0 Å². The second kappa shape index (κ2) is 5.03. The quantitative estimate of drug-likeness (QED) is 0.690. The van der Waals surface area contributed by atoms with Gasteiger partial charge in [0.25, 0.3) is 0 Å². The molecule has 14 heavy (non-hydrogen) atoms. The predicted octanol–water partition coefficient (Wildman–Crippen LogP) is 1.85. The molecule has 0 radical (unpaired) electrons. The van der Waals surface area contributed by atoms with Crippen molar-refractivity contribution in [1.82, 2.24) is 0 Å². The molecule has 0 aliphatic heterocycles. The zero-order chi connectivity index (χ0) is 10.6. The number of rotatable bonds is 5. The molecule has 1 fully saturated rings. The molecule has 1 aliphatic carbocycles. The van der Waals surface area contributed by atoms with Crippen molar-refractivity contribution in [2.24, 2.45) is 5.73 Å². The predicted molar refractivity (Wildman–Crippen MR) is 59.6 cm³/mol. The van der Waals surface area contributed by atoms with Crippen LogP contribution in [-0.2, 0) is 4.79 Å². The summed E-state index contributed by atoms with van der Waals surface area (Å²) < 4.78 is 0. The molecule has 3 nitrogen and oxygen atoms in total. The Kier molecular flexibility index (Phi) is 4.26. The van der Waals surface area contributed by atoms with Gasteiger partial charge in [-0.15, -0.1) is 0 Å². The highest BCUT2D eigenvalue weighted by molar-refractivity contribution is 7.99. The number of carboxylic acids is 1. The van der Waals surface area contributed by atoms with E-state index in [2.05, 4.69) is 6.92 Å². The zero-order valence-electron chi connectivity index (χ0n) is 8.66. The van der Waals surface area contributed by atoms with Crippen LogP contribution in [0.3, 0.4) is 0 Å². The second-order valence-electron chi connectivity index (χ2n) is 4.05. The van der Waals surface area contributed by atoms with Gasteiger partial charge in [0, 0.05) is 5.25 Å². The summed E-state index contributed by atoms with van der Waals surface area (Å²) in [5.74, 6) is 0.299. The van der Waals surface area contributed by atoms with E-state index in [-0.39, 0.29) is 0 Å². The first-order valence-electron chi connectivity index (χ1n) is 5.22. The first-order chi connectivity index (χ1) is 6.58. The highest BCUT2D eigenvalue weighted by atomic mass is 32.2. The summed E-state index contributed by atoms with van der Waals surface area (Å²) >= 11 is 1.88. The Balaban J connectivity index is 2.30. The molecule has 2 unspecified atom stereocenters. The van der Waals surface area contributed by atoms with Crippen LogP contribution in [0.15, 0.2) is 0 Å². The van der Waals surface area contributed by atoms with E-state index in [1.165, 1.54) is 12.8 Å². The highest BCUT2D eigenvalue weighted by Crippen LogP contribution is 2.35. The minimum Gasteiger partial charge on any atom is -0.480 e. The largest absolute Gasteiger partial charge is 0.480 e. The van der Waals surface area contributed by atoms with Gasteiger partial charge in [0.05, 0.1) is 0 Å². The Morgan fingerprint density at radius 2 is 2.43 bits per heavy atom. The van der Waals surface area contributed by atoms with E-state index in [9.17, 15) is 4.79 Å². The highest BCUT2D eigenvalue weighted by Gasteiger charge is 2.41. The number of carbonyl (C=O) groups is 1. The van der Waals surface area contributed by atoms with Gasteiger partial charge in [-0.25, -0.2) is 0 Å². The number of nitrogens with two attached hydrogens (primary N) is 1. The fraction of sp³-hybridized carbons (Fsp3) is 0.900. The molecule has 0 heterocycles. The Morgan fingerprint density at radius 1 is 1.71 bits per heavy atom. The molecular weight excluding hydrogens is 198 g/mol. The molecule has 0 bridgehead atoms. The average Bonchev–Trinajstić information content (AvgIpc) is 2.50. The molecule has 1 rings (SSSR count). The van der Waals surface area contributed by atoms with Crippen molar-refractivity contribution in [1.29, 1.82) is 0 Å². The third-order valence-corrected chi connectivity index (χ3v) is 4.18. The zero-order valence-corrected chi connectivity index (χ0v) is 9.48. The number of hydrogen-bond donors (Lipinski definition) is 2. The second-order valence-corrected chi connectivity index (χ2v) is 5.46. The molecule has 1 saturated carbocycles. The van der Waals surface area contributed by atoms with Crippen LogP contribution in [0, 0.1) is 0 Å². The maximum Gasteiger partial charge on any atom is 0.323 e. The van der Waals surface area contributed by atoms with E-state index in [0.717, 1.165) is 12.2 Å². The lowest BCUT2D eigenvalue weighted by Crippen LogP contribution is -2.45. The third kappa shape index (κ3) is 2.89. The van der Waals surface area contributed by atoms with Crippen LogP contribution in [0.4, 0.5) is 0 Å². The van der Waals surface area contributed by atoms with Crippen molar-refractivity contribution < 1.29 is 9.90 Å². The minimum absolute atomic E-state index is 0.461. The van der Waals surface area contributed by atoms with Gasteiger partial charge in [-0.2, -0.15) is 11.8 Å². The summed E-state index contributed by atoms with van der Waals surface area (Å²) in [7, 11) is 0. The van der Waals surface area contributed by atoms with E-state index < -0.39 is 11.5 Å². The molecule has 0 spiro atoms. The Hall–Kier alpha value is -0.220. The minimum atomic E-state index is -0.941. The molecule has 0 aromatic rings. The topological polar surface area (TPSA) is 63.3 Å². The summed E-state index contributed by atoms with van der Waals surface area (Å²) in [6, 6.07) is 0. The van der Waals surface area contributed by atoms with Crippen molar-refractivity contribution in [3.8, 4) is 0 Å². The summed E-state index contributed by atoms with van der Waals surface area (Å²) in [5, 5.41) is 9.39. The van der Waals surface area contributed by atoms with Crippen molar-refractivity contribution >= 4 is 17.7 Å². The fourth-order valence-electron chi connectivity index (χ4n) is 1.76. The summed E-state index contributed by atoms with van der Waals surface area (Å²) in [5.41, 5.74) is 4.84. The number of carboxylic acid groups (broad SMARTS) is 1. The van der Waals surface area contributed by atoms with Crippen molar-refractivity contribution in [3.05, 3.63) is 0 Å². The van der Waals surface area contributed by atoms with Crippen LogP contribution < -0.4 is 5.73 Å². The average molecular weight is 217 g/mol. The lowest BCUT2D eigenvalue weighted by Gasteiger charge is -2.17. The van der Waals surface area contributed by atoms with Gasteiger partial charge in [-0.3, -0.25) is 4.79 Å². The molecule has 0 amide bonds. The standard InChI is InChI=1S/C10H19NO2S/c1-2-3-6-14-8-4-5-10(11,7-8)9(12)13/h8H,2-7,11H2,1H3,(H,12,13). The molecule has 0 saturated heterocycles. The molecular formula is C10H19NO2S. The van der Waals surface area contributed by atoms with E-state index in [0.29, 0.717) is 18.1 Å². The number of aliphatic carboxylic acids is 1. The lowest BCUT2D eigenvalue weighted by molar-refractivity contribution is -0.143. The van der Waals surface area contributed by atoms with Gasteiger partial charge >= 0.3 is 5.97 Å². The molecule has 82 valence electrons. The van der Waals surface area contributed by atoms with E-state index in [4.69, 9.17) is 10.8 Å². The van der Waals surface area contributed by atoms with Crippen LogP contribution in [-0.4, -0.2) is 27.6 Å². The van der Waals surface area contributed by atoms with Gasteiger partial charge in [0.15, 0.2) is 0 Å². The van der Waals surface area contributed by atoms with E-state index in [1.54, 1.807) is 0 Å². The van der Waals surface area contributed by atoms with Gasteiger partial charge in [-0.1, -0.05) is 13.3 Å². The van der Waals surface area contributed by atoms with Crippen molar-refractivity contribution in [2.45, 2.75) is 49.8 Å². The smallest absolute Gasteiger partial charge is 0.323 e. The van der Waals surface area contributed by atoms with Crippen LogP contribution >= 0.6 is 11.8 Å². The van der Waals surface area contributed by atoms with Crippen molar-refractivity contribution in [2.75, 3.05) is 5.75 Å². The molecule has 2 atom stereocenters. The van der Waals surface area contributed by atoms with Crippen LogP contribution in [0.1, 0.15) is 39.0 Å². The molecule has 3 N–H and O–H groups in total. The SMILES string of the molecule is CCCCSC1CCC(N)(C(=O)O)C1. The molecule has 0 aromatic carbocycles. The summed E-state index contributed by atoms with van der Waals surface area (Å²) in [6.45, 7) is 2.17. The van der Waals surface area contributed by atoms with Gasteiger partial charge in [0.1, 0.15) is 5.54 Å². The van der Waals surface area contributed by atoms with Gasteiger partial charge in [0.2, 0.25) is 0 Å². The van der Waals surface area contributed by atoms with Gasteiger partial charge in [-0.05, 0) is 31.4 Å². The lowest BCUT2D eigenvalue weighted by atomic mass is 10.0. The van der Waals surface area contributed by atoms with Crippen LogP contribution in [0.5, 0.6) is 0 Å². The number of hydrogen-bond acceptors (Lipinski definition) is 3. The Morgan fingerprint density at radius 3 is 2.93 bits per heavy atom. The number of unbranched alkanes of at least 4 members (excludes halogenated alkanes) is 1. The van der Waals surface area contributed by atoms with Gasteiger partial charge < -0.3 is 10.8 Å². The first-order valence-corrected chi connectivity index (χ1v) is 6.27. The van der Waals surface area contributed by atoms with E-state index in [1.807, 2.05) is 11.8 Å². The first kappa shape index (κ1) is 11.9. The maximum absolute atomic E-state index is 10.9.